The summed E-state index contributed by atoms with van der Waals surface area (Å²) in [6.45, 7) is 3.98. The summed E-state index contributed by atoms with van der Waals surface area (Å²) in [5, 5.41) is 13.0. The van der Waals surface area contributed by atoms with Gasteiger partial charge in [-0.2, -0.15) is 0 Å². The minimum atomic E-state index is -0.400. The Morgan fingerprint density at radius 2 is 2.25 bits per heavy atom. The Hall–Kier alpha value is -2.01. The number of H-pyrrole nitrogens is 1. The molecular formula is C15H21N3O2. The van der Waals surface area contributed by atoms with Gasteiger partial charge >= 0.3 is 0 Å². The minimum Gasteiger partial charge on any atom is -0.399 e. The molecule has 0 aliphatic rings. The molecule has 1 unspecified atom stereocenters. The molecule has 108 valence electrons. The number of hydrogen-bond acceptors (Lipinski definition) is 3. The van der Waals surface area contributed by atoms with Crippen LogP contribution in [0.1, 0.15) is 37.0 Å². The average molecular weight is 275 g/mol. The van der Waals surface area contributed by atoms with Crippen molar-refractivity contribution in [1.29, 1.82) is 0 Å². The van der Waals surface area contributed by atoms with E-state index in [1.165, 1.54) is 0 Å². The van der Waals surface area contributed by atoms with Crippen molar-refractivity contribution in [3.8, 4) is 0 Å². The van der Waals surface area contributed by atoms with Crippen molar-refractivity contribution in [2.75, 3.05) is 12.3 Å². The van der Waals surface area contributed by atoms with E-state index in [0.29, 0.717) is 17.7 Å². The Kier molecular flexibility index (Phi) is 3.99. The first-order valence-corrected chi connectivity index (χ1v) is 6.79. The minimum absolute atomic E-state index is 0.0506. The van der Waals surface area contributed by atoms with Crippen LogP contribution in [0, 0.1) is 0 Å². The number of aliphatic hydroxyl groups excluding tert-OH is 1. The molecule has 0 aliphatic heterocycles. The highest BCUT2D eigenvalue weighted by Gasteiger charge is 2.25. The molecule has 5 nitrogen and oxygen atoms in total. The number of nitrogen functional groups attached to an aromatic ring is 1. The predicted octanol–water partition coefficient (Wildman–Crippen LogP) is 2.03. The molecule has 0 bridgehead atoms. The molecule has 1 aromatic carbocycles. The van der Waals surface area contributed by atoms with Crippen LogP contribution in [0.2, 0.25) is 0 Å². The molecule has 1 heterocycles. The number of hydrogen-bond donors (Lipinski definition) is 4. The van der Waals surface area contributed by atoms with Crippen molar-refractivity contribution in [2.24, 2.45) is 0 Å². The monoisotopic (exact) mass is 275 g/mol. The Balaban J connectivity index is 2.27. The van der Waals surface area contributed by atoms with Crippen molar-refractivity contribution < 1.29 is 9.90 Å². The first-order valence-electron chi connectivity index (χ1n) is 6.79. The lowest BCUT2D eigenvalue weighted by atomic mass is 9.94. The normalized spacial score (nSPS) is 14.2. The van der Waals surface area contributed by atoms with Gasteiger partial charge in [-0.25, -0.2) is 0 Å². The van der Waals surface area contributed by atoms with E-state index in [-0.39, 0.29) is 12.5 Å². The second-order valence-corrected chi connectivity index (χ2v) is 5.35. The third kappa shape index (κ3) is 2.77. The van der Waals surface area contributed by atoms with Gasteiger partial charge in [-0.05, 0) is 38.0 Å². The second-order valence-electron chi connectivity index (χ2n) is 5.35. The van der Waals surface area contributed by atoms with Crippen LogP contribution in [0.5, 0.6) is 0 Å². The summed E-state index contributed by atoms with van der Waals surface area (Å²) in [6.07, 6.45) is 2.98. The number of aromatic nitrogens is 1. The Morgan fingerprint density at radius 1 is 1.50 bits per heavy atom. The van der Waals surface area contributed by atoms with Gasteiger partial charge in [0, 0.05) is 34.9 Å². The van der Waals surface area contributed by atoms with Gasteiger partial charge in [0.2, 0.25) is 0 Å². The number of benzene rings is 1. The summed E-state index contributed by atoms with van der Waals surface area (Å²) in [5.41, 5.74) is 7.42. The zero-order chi connectivity index (χ0) is 14.8. The van der Waals surface area contributed by atoms with Crippen LogP contribution in [0.25, 0.3) is 10.9 Å². The number of aromatic amines is 1. The summed E-state index contributed by atoms with van der Waals surface area (Å²) >= 11 is 0. The molecule has 2 aromatic rings. The summed E-state index contributed by atoms with van der Waals surface area (Å²) in [5.74, 6) is -0.140. The highest BCUT2D eigenvalue weighted by molar-refractivity contribution is 6.07. The standard InChI is InChI=1S/C15H21N3O2/c1-3-15(2,6-7-19)18-14(20)12-9-17-13-8-10(16)4-5-11(12)13/h4-5,8-9,17,19H,3,6-7,16H2,1-2H3,(H,18,20). The van der Waals surface area contributed by atoms with Crippen LogP contribution >= 0.6 is 0 Å². The smallest absolute Gasteiger partial charge is 0.253 e. The van der Waals surface area contributed by atoms with E-state index in [9.17, 15) is 4.79 Å². The lowest BCUT2D eigenvalue weighted by Crippen LogP contribution is -2.46. The van der Waals surface area contributed by atoms with Gasteiger partial charge < -0.3 is 21.1 Å². The first kappa shape index (κ1) is 14.4. The van der Waals surface area contributed by atoms with Crippen molar-refractivity contribution in [3.63, 3.8) is 0 Å². The SMILES string of the molecule is CCC(C)(CCO)NC(=O)c1c[nH]c2cc(N)ccc12. The van der Waals surface area contributed by atoms with Crippen LogP contribution in [0.15, 0.2) is 24.4 Å². The number of aliphatic hydroxyl groups is 1. The molecule has 1 aromatic heterocycles. The number of amides is 1. The molecule has 0 saturated heterocycles. The van der Waals surface area contributed by atoms with Gasteiger partial charge in [-0.3, -0.25) is 4.79 Å². The fourth-order valence-corrected chi connectivity index (χ4v) is 2.25. The number of rotatable bonds is 5. The summed E-state index contributed by atoms with van der Waals surface area (Å²) in [7, 11) is 0. The summed E-state index contributed by atoms with van der Waals surface area (Å²) in [4.78, 5) is 15.5. The quantitative estimate of drug-likeness (QED) is 0.629. The number of carbonyl (C=O) groups is 1. The topological polar surface area (TPSA) is 91.1 Å². The molecule has 0 aliphatic carbocycles. The van der Waals surface area contributed by atoms with E-state index in [1.807, 2.05) is 19.9 Å². The lowest BCUT2D eigenvalue weighted by molar-refractivity contribution is 0.0888. The zero-order valence-corrected chi connectivity index (χ0v) is 11.9. The van der Waals surface area contributed by atoms with Crippen LogP contribution < -0.4 is 11.1 Å². The number of nitrogens with one attached hydrogen (secondary N) is 2. The third-order valence-corrected chi connectivity index (χ3v) is 3.81. The van der Waals surface area contributed by atoms with E-state index >= 15 is 0 Å². The molecule has 1 atom stereocenters. The largest absolute Gasteiger partial charge is 0.399 e. The van der Waals surface area contributed by atoms with E-state index in [0.717, 1.165) is 17.3 Å². The van der Waals surface area contributed by atoms with Crippen molar-refractivity contribution in [3.05, 3.63) is 30.0 Å². The summed E-state index contributed by atoms with van der Waals surface area (Å²) < 4.78 is 0. The third-order valence-electron chi connectivity index (χ3n) is 3.81. The molecule has 2 rings (SSSR count). The fourth-order valence-electron chi connectivity index (χ4n) is 2.25. The maximum absolute atomic E-state index is 12.4. The molecule has 5 N–H and O–H groups in total. The number of fused-ring (bicyclic) bond motifs is 1. The van der Waals surface area contributed by atoms with Gasteiger partial charge in [0.25, 0.3) is 5.91 Å². The van der Waals surface area contributed by atoms with E-state index in [1.54, 1.807) is 18.3 Å². The van der Waals surface area contributed by atoms with Crippen LogP contribution in [0.3, 0.4) is 0 Å². The molecule has 0 saturated carbocycles. The Labute approximate surface area is 118 Å². The summed E-state index contributed by atoms with van der Waals surface area (Å²) in [6, 6.07) is 5.42. The van der Waals surface area contributed by atoms with Crippen molar-refractivity contribution in [1.82, 2.24) is 10.3 Å². The first-order chi connectivity index (χ1) is 9.49. The van der Waals surface area contributed by atoms with Gasteiger partial charge in [0.15, 0.2) is 0 Å². The molecule has 0 radical (unpaired) electrons. The second kappa shape index (κ2) is 5.54. The van der Waals surface area contributed by atoms with Gasteiger partial charge in [-0.1, -0.05) is 6.92 Å². The van der Waals surface area contributed by atoms with Gasteiger partial charge in [0.05, 0.1) is 5.56 Å². The van der Waals surface area contributed by atoms with E-state index in [2.05, 4.69) is 10.3 Å². The van der Waals surface area contributed by atoms with Crippen molar-refractivity contribution in [2.45, 2.75) is 32.2 Å². The van der Waals surface area contributed by atoms with Crippen LogP contribution in [-0.4, -0.2) is 28.1 Å². The number of nitrogens with two attached hydrogens (primary N) is 1. The molecule has 1 amide bonds. The molecule has 5 heteroatoms. The van der Waals surface area contributed by atoms with E-state index < -0.39 is 5.54 Å². The highest BCUT2D eigenvalue weighted by atomic mass is 16.3. The molecule has 0 spiro atoms. The molecule has 20 heavy (non-hydrogen) atoms. The van der Waals surface area contributed by atoms with Gasteiger partial charge in [0.1, 0.15) is 0 Å². The van der Waals surface area contributed by atoms with Crippen LogP contribution in [0.4, 0.5) is 5.69 Å². The highest BCUT2D eigenvalue weighted by Crippen LogP contribution is 2.22. The van der Waals surface area contributed by atoms with Crippen LogP contribution in [-0.2, 0) is 0 Å². The van der Waals surface area contributed by atoms with Crippen molar-refractivity contribution >= 4 is 22.5 Å². The van der Waals surface area contributed by atoms with Gasteiger partial charge in [-0.15, -0.1) is 0 Å². The zero-order valence-electron chi connectivity index (χ0n) is 11.9. The molecule has 0 fully saturated rings. The average Bonchev–Trinajstić information content (AvgIpc) is 2.81. The molecular weight excluding hydrogens is 254 g/mol. The fraction of sp³-hybridized carbons (Fsp3) is 0.400. The predicted molar refractivity (Wildman–Crippen MR) is 80.6 cm³/mol. The number of anilines is 1. The maximum Gasteiger partial charge on any atom is 0.253 e. The Morgan fingerprint density at radius 3 is 2.90 bits per heavy atom. The Bertz CT molecular complexity index is 621. The number of carbonyl (C=O) groups excluding carboxylic acids is 1. The van der Waals surface area contributed by atoms with E-state index in [4.69, 9.17) is 10.8 Å². The lowest BCUT2D eigenvalue weighted by Gasteiger charge is -2.28. The maximum atomic E-state index is 12.4.